The van der Waals surface area contributed by atoms with Gasteiger partial charge in [-0.2, -0.15) is 0 Å². The number of thiophene rings is 1. The summed E-state index contributed by atoms with van der Waals surface area (Å²) in [5.41, 5.74) is 0.993. The highest BCUT2D eigenvalue weighted by Crippen LogP contribution is 2.16. The predicted molar refractivity (Wildman–Crippen MR) is 75.8 cm³/mol. The Morgan fingerprint density at radius 2 is 2.42 bits per heavy atom. The first-order chi connectivity index (χ1) is 9.28. The van der Waals surface area contributed by atoms with Gasteiger partial charge in [-0.1, -0.05) is 11.8 Å². The smallest absolute Gasteiger partial charge is 0.234 e. The average molecular weight is 278 g/mol. The molecule has 0 aliphatic carbocycles. The number of hydrogen-bond donors (Lipinski definition) is 2. The van der Waals surface area contributed by atoms with Crippen molar-refractivity contribution in [2.45, 2.75) is 19.4 Å². The van der Waals surface area contributed by atoms with Gasteiger partial charge in [0.2, 0.25) is 5.91 Å². The monoisotopic (exact) mass is 278 g/mol. The lowest BCUT2D eigenvalue weighted by Gasteiger charge is -2.16. The van der Waals surface area contributed by atoms with E-state index in [9.17, 15) is 4.79 Å². The first-order valence-electron chi connectivity index (χ1n) is 6.44. The van der Waals surface area contributed by atoms with E-state index in [4.69, 9.17) is 5.11 Å². The summed E-state index contributed by atoms with van der Waals surface area (Å²) in [6.07, 6.45) is 1.51. The SMILES string of the molecule is O=C1CN(Cc2cc(C#CCCO)cs2)CCCN1. The summed E-state index contributed by atoms with van der Waals surface area (Å²) in [5, 5.41) is 13.6. The summed E-state index contributed by atoms with van der Waals surface area (Å²) in [5.74, 6) is 6.05. The Morgan fingerprint density at radius 3 is 3.26 bits per heavy atom. The van der Waals surface area contributed by atoms with Gasteiger partial charge in [-0.3, -0.25) is 9.69 Å². The van der Waals surface area contributed by atoms with E-state index in [0.29, 0.717) is 13.0 Å². The van der Waals surface area contributed by atoms with E-state index in [0.717, 1.165) is 31.6 Å². The van der Waals surface area contributed by atoms with Crippen LogP contribution in [-0.2, 0) is 11.3 Å². The number of aliphatic hydroxyl groups is 1. The zero-order chi connectivity index (χ0) is 13.5. The van der Waals surface area contributed by atoms with Crippen molar-refractivity contribution in [3.05, 3.63) is 21.9 Å². The maximum absolute atomic E-state index is 11.5. The number of amides is 1. The van der Waals surface area contributed by atoms with Gasteiger partial charge in [0, 0.05) is 41.9 Å². The highest BCUT2D eigenvalue weighted by Gasteiger charge is 2.15. The summed E-state index contributed by atoms with van der Waals surface area (Å²) in [6.45, 7) is 3.11. The Bertz CT molecular complexity index is 487. The van der Waals surface area contributed by atoms with E-state index in [1.54, 1.807) is 11.3 Å². The maximum atomic E-state index is 11.5. The summed E-state index contributed by atoms with van der Waals surface area (Å²) in [4.78, 5) is 14.9. The van der Waals surface area contributed by atoms with Crippen LogP contribution >= 0.6 is 11.3 Å². The summed E-state index contributed by atoms with van der Waals surface area (Å²) in [6, 6.07) is 2.07. The Hall–Kier alpha value is -1.35. The highest BCUT2D eigenvalue weighted by molar-refractivity contribution is 7.10. The molecule has 1 amide bonds. The van der Waals surface area contributed by atoms with Gasteiger partial charge in [-0.05, 0) is 12.5 Å². The van der Waals surface area contributed by atoms with Crippen LogP contribution in [0.5, 0.6) is 0 Å². The van der Waals surface area contributed by atoms with Crippen molar-refractivity contribution < 1.29 is 9.90 Å². The molecule has 0 aromatic carbocycles. The van der Waals surface area contributed by atoms with Crippen LogP contribution in [0.2, 0.25) is 0 Å². The molecule has 2 rings (SSSR count). The molecule has 5 heteroatoms. The second-order valence-corrected chi connectivity index (χ2v) is 5.49. The number of aliphatic hydroxyl groups excluding tert-OH is 1. The molecule has 0 unspecified atom stereocenters. The molecule has 102 valence electrons. The molecular formula is C14H18N2O2S. The minimum atomic E-state index is 0.104. The van der Waals surface area contributed by atoms with Gasteiger partial charge < -0.3 is 10.4 Å². The third-order valence-electron chi connectivity index (χ3n) is 2.84. The van der Waals surface area contributed by atoms with Gasteiger partial charge in [0.05, 0.1) is 13.2 Å². The number of carbonyl (C=O) groups is 1. The van der Waals surface area contributed by atoms with Crippen LogP contribution in [0.15, 0.2) is 11.4 Å². The molecule has 0 atom stereocenters. The van der Waals surface area contributed by atoms with E-state index < -0.39 is 0 Å². The quantitative estimate of drug-likeness (QED) is 0.804. The van der Waals surface area contributed by atoms with Crippen molar-refractivity contribution in [3.63, 3.8) is 0 Å². The van der Waals surface area contributed by atoms with Crippen molar-refractivity contribution >= 4 is 17.2 Å². The van der Waals surface area contributed by atoms with Gasteiger partial charge in [-0.15, -0.1) is 11.3 Å². The van der Waals surface area contributed by atoms with Crippen LogP contribution in [0.25, 0.3) is 0 Å². The fraction of sp³-hybridized carbons (Fsp3) is 0.500. The van der Waals surface area contributed by atoms with E-state index >= 15 is 0 Å². The van der Waals surface area contributed by atoms with E-state index in [1.165, 1.54) is 4.88 Å². The normalized spacial score (nSPS) is 16.4. The molecular weight excluding hydrogens is 260 g/mol. The van der Waals surface area contributed by atoms with Gasteiger partial charge in [0.1, 0.15) is 0 Å². The van der Waals surface area contributed by atoms with Crippen molar-refractivity contribution in [3.8, 4) is 11.8 Å². The lowest BCUT2D eigenvalue weighted by atomic mass is 10.3. The third-order valence-corrected chi connectivity index (χ3v) is 3.76. The van der Waals surface area contributed by atoms with Gasteiger partial charge in [0.25, 0.3) is 0 Å². The highest BCUT2D eigenvalue weighted by atomic mass is 32.1. The van der Waals surface area contributed by atoms with Crippen molar-refractivity contribution in [2.24, 2.45) is 0 Å². The van der Waals surface area contributed by atoms with Crippen LogP contribution < -0.4 is 5.32 Å². The Morgan fingerprint density at radius 1 is 1.53 bits per heavy atom. The summed E-state index contributed by atoms with van der Waals surface area (Å²) < 4.78 is 0. The van der Waals surface area contributed by atoms with Crippen molar-refractivity contribution in [1.82, 2.24) is 10.2 Å². The zero-order valence-corrected chi connectivity index (χ0v) is 11.6. The van der Waals surface area contributed by atoms with Crippen molar-refractivity contribution in [2.75, 3.05) is 26.2 Å². The molecule has 2 N–H and O–H groups in total. The molecule has 1 aliphatic heterocycles. The Balaban J connectivity index is 1.92. The number of hydrogen-bond acceptors (Lipinski definition) is 4. The average Bonchev–Trinajstić information content (AvgIpc) is 2.72. The molecule has 1 aliphatic rings. The standard InChI is InChI=1S/C14H18N2O2S/c17-7-2-1-4-12-8-13(19-11-12)9-16-6-3-5-15-14(18)10-16/h8,11,17H,2-3,5-7,9-10H2,(H,15,18). The Labute approximate surface area is 117 Å². The van der Waals surface area contributed by atoms with E-state index in [2.05, 4.69) is 28.1 Å². The lowest BCUT2D eigenvalue weighted by Crippen LogP contribution is -2.32. The first kappa shape index (κ1) is 14.1. The summed E-state index contributed by atoms with van der Waals surface area (Å²) >= 11 is 1.67. The molecule has 1 fully saturated rings. The molecule has 0 saturated carbocycles. The minimum absolute atomic E-state index is 0.104. The second kappa shape index (κ2) is 7.29. The fourth-order valence-electron chi connectivity index (χ4n) is 1.97. The number of nitrogens with one attached hydrogen (secondary N) is 1. The molecule has 1 aromatic rings. The molecule has 0 spiro atoms. The van der Waals surface area contributed by atoms with Crippen LogP contribution in [0.3, 0.4) is 0 Å². The van der Waals surface area contributed by atoms with Gasteiger partial charge >= 0.3 is 0 Å². The van der Waals surface area contributed by atoms with Crippen molar-refractivity contribution in [1.29, 1.82) is 0 Å². The number of rotatable bonds is 3. The topological polar surface area (TPSA) is 52.6 Å². The maximum Gasteiger partial charge on any atom is 0.234 e. The molecule has 19 heavy (non-hydrogen) atoms. The molecule has 4 nitrogen and oxygen atoms in total. The van der Waals surface area contributed by atoms with Crippen LogP contribution in [0, 0.1) is 11.8 Å². The van der Waals surface area contributed by atoms with E-state index in [1.807, 2.05) is 5.38 Å². The largest absolute Gasteiger partial charge is 0.395 e. The Kier molecular flexibility index (Phi) is 5.40. The third kappa shape index (κ3) is 4.67. The number of nitrogens with zero attached hydrogens (tertiary/aromatic N) is 1. The molecule has 1 saturated heterocycles. The predicted octanol–water partition coefficient (Wildman–Crippen LogP) is 0.804. The number of carbonyl (C=O) groups excluding carboxylic acids is 1. The molecule has 2 heterocycles. The minimum Gasteiger partial charge on any atom is -0.395 e. The molecule has 0 bridgehead atoms. The lowest BCUT2D eigenvalue weighted by molar-refractivity contribution is -0.121. The zero-order valence-electron chi connectivity index (χ0n) is 10.8. The second-order valence-electron chi connectivity index (χ2n) is 4.49. The summed E-state index contributed by atoms with van der Waals surface area (Å²) in [7, 11) is 0. The van der Waals surface area contributed by atoms with Crippen LogP contribution in [-0.4, -0.2) is 42.2 Å². The fourth-order valence-corrected chi connectivity index (χ4v) is 2.83. The van der Waals surface area contributed by atoms with Crippen LogP contribution in [0.1, 0.15) is 23.3 Å². The van der Waals surface area contributed by atoms with Gasteiger partial charge in [0.15, 0.2) is 0 Å². The molecule has 0 radical (unpaired) electrons. The van der Waals surface area contributed by atoms with Crippen LogP contribution in [0.4, 0.5) is 0 Å². The van der Waals surface area contributed by atoms with Gasteiger partial charge in [-0.25, -0.2) is 0 Å². The first-order valence-corrected chi connectivity index (χ1v) is 7.32. The molecule has 1 aromatic heterocycles. The van der Waals surface area contributed by atoms with E-state index in [-0.39, 0.29) is 12.5 Å².